The smallest absolute Gasteiger partial charge is 0.317 e. The minimum Gasteiger partial charge on any atom is -0.375 e. The van der Waals surface area contributed by atoms with Crippen molar-refractivity contribution in [2.45, 2.75) is 58.2 Å². The molecular formula is C15H25N5O2. The van der Waals surface area contributed by atoms with Crippen molar-refractivity contribution in [3.8, 4) is 0 Å². The predicted octanol–water partition coefficient (Wildman–Crippen LogP) is 1.32. The number of morpholine rings is 1. The van der Waals surface area contributed by atoms with Crippen LogP contribution in [0.25, 0.3) is 0 Å². The van der Waals surface area contributed by atoms with E-state index in [9.17, 15) is 4.79 Å². The van der Waals surface area contributed by atoms with Crippen molar-refractivity contribution in [3.05, 3.63) is 11.6 Å². The van der Waals surface area contributed by atoms with Gasteiger partial charge >= 0.3 is 6.03 Å². The number of urea groups is 1. The Kier molecular flexibility index (Phi) is 4.92. The molecule has 1 saturated heterocycles. The van der Waals surface area contributed by atoms with Crippen LogP contribution in [0.4, 0.5) is 4.79 Å². The van der Waals surface area contributed by atoms with Gasteiger partial charge in [0, 0.05) is 26.1 Å². The van der Waals surface area contributed by atoms with Gasteiger partial charge in [-0.1, -0.05) is 13.3 Å². The Morgan fingerprint density at radius 1 is 1.32 bits per heavy atom. The van der Waals surface area contributed by atoms with Crippen molar-refractivity contribution in [2.75, 3.05) is 19.7 Å². The average Bonchev–Trinajstić information content (AvgIpc) is 2.79. The number of hydrogen-bond acceptors (Lipinski definition) is 4. The molecule has 7 heteroatoms. The van der Waals surface area contributed by atoms with Crippen LogP contribution in [0.5, 0.6) is 0 Å². The zero-order valence-corrected chi connectivity index (χ0v) is 13.3. The SMILES string of the molecule is CCC1CN(C(=O)NCc2nnc3n2CCCCC3)CCO1. The second-order valence-electron chi connectivity index (χ2n) is 6.00. The largest absolute Gasteiger partial charge is 0.375 e. The fourth-order valence-electron chi connectivity index (χ4n) is 3.09. The number of ether oxygens (including phenoxy) is 1. The highest BCUT2D eigenvalue weighted by atomic mass is 16.5. The molecule has 1 N–H and O–H groups in total. The third kappa shape index (κ3) is 3.40. The normalized spacial score (nSPS) is 22.0. The first-order valence-electron chi connectivity index (χ1n) is 8.33. The van der Waals surface area contributed by atoms with E-state index < -0.39 is 0 Å². The van der Waals surface area contributed by atoms with Gasteiger partial charge in [0.05, 0.1) is 19.3 Å². The molecule has 0 spiro atoms. The Morgan fingerprint density at radius 2 is 2.23 bits per heavy atom. The highest BCUT2D eigenvalue weighted by Gasteiger charge is 2.23. The molecule has 1 fully saturated rings. The molecule has 3 heterocycles. The number of aryl methyl sites for hydroxylation is 1. The zero-order chi connectivity index (χ0) is 15.4. The number of nitrogens with one attached hydrogen (secondary N) is 1. The fourth-order valence-corrected chi connectivity index (χ4v) is 3.09. The summed E-state index contributed by atoms with van der Waals surface area (Å²) in [6, 6.07) is -0.0345. The van der Waals surface area contributed by atoms with Crippen molar-refractivity contribution < 1.29 is 9.53 Å². The van der Waals surface area contributed by atoms with Gasteiger partial charge in [0.15, 0.2) is 5.82 Å². The number of nitrogens with zero attached hydrogens (tertiary/aromatic N) is 4. The van der Waals surface area contributed by atoms with Crippen LogP contribution in [0.15, 0.2) is 0 Å². The minimum atomic E-state index is -0.0345. The molecule has 2 aliphatic rings. The lowest BCUT2D eigenvalue weighted by molar-refractivity contribution is -0.0154. The number of aromatic nitrogens is 3. The van der Waals surface area contributed by atoms with E-state index in [1.807, 2.05) is 4.90 Å². The van der Waals surface area contributed by atoms with Crippen molar-refractivity contribution in [3.63, 3.8) is 0 Å². The Labute approximate surface area is 131 Å². The first-order valence-corrected chi connectivity index (χ1v) is 8.33. The van der Waals surface area contributed by atoms with Gasteiger partial charge in [-0.05, 0) is 19.3 Å². The molecule has 1 aromatic rings. The van der Waals surface area contributed by atoms with E-state index in [4.69, 9.17) is 4.74 Å². The minimum absolute atomic E-state index is 0.0345. The lowest BCUT2D eigenvalue weighted by Gasteiger charge is -2.32. The zero-order valence-electron chi connectivity index (χ0n) is 13.3. The Bertz CT molecular complexity index is 516. The number of carbonyl (C=O) groups is 1. The predicted molar refractivity (Wildman–Crippen MR) is 81.4 cm³/mol. The van der Waals surface area contributed by atoms with Crippen molar-refractivity contribution in [1.82, 2.24) is 25.0 Å². The maximum absolute atomic E-state index is 12.3. The summed E-state index contributed by atoms with van der Waals surface area (Å²) < 4.78 is 7.77. The van der Waals surface area contributed by atoms with Crippen LogP contribution in [0.2, 0.25) is 0 Å². The number of carbonyl (C=O) groups excluding carboxylic acids is 1. The Hall–Kier alpha value is -1.63. The third-order valence-corrected chi connectivity index (χ3v) is 4.47. The molecule has 2 amide bonds. The summed E-state index contributed by atoms with van der Waals surface area (Å²) in [6.45, 7) is 5.42. The highest BCUT2D eigenvalue weighted by Crippen LogP contribution is 2.14. The number of hydrogen-bond donors (Lipinski definition) is 1. The Balaban J connectivity index is 1.56. The van der Waals surface area contributed by atoms with Crippen molar-refractivity contribution in [2.24, 2.45) is 0 Å². The van der Waals surface area contributed by atoms with E-state index in [-0.39, 0.29) is 12.1 Å². The number of fused-ring (bicyclic) bond motifs is 1. The lowest BCUT2D eigenvalue weighted by atomic mass is 10.2. The molecule has 0 saturated carbocycles. The molecule has 0 aliphatic carbocycles. The van der Waals surface area contributed by atoms with Gasteiger partial charge in [0.2, 0.25) is 0 Å². The standard InChI is InChI=1S/C15H25N5O2/c1-2-12-11-19(8-9-22-12)15(21)16-10-14-18-17-13-6-4-3-5-7-20(13)14/h12H,2-11H2,1H3,(H,16,21). The molecule has 0 aromatic carbocycles. The topological polar surface area (TPSA) is 72.3 Å². The van der Waals surface area contributed by atoms with E-state index in [1.54, 1.807) is 0 Å². The second-order valence-corrected chi connectivity index (χ2v) is 6.00. The van der Waals surface area contributed by atoms with Gasteiger partial charge in [-0.3, -0.25) is 0 Å². The lowest BCUT2D eigenvalue weighted by Crippen LogP contribution is -2.49. The van der Waals surface area contributed by atoms with E-state index in [0.29, 0.717) is 26.2 Å². The summed E-state index contributed by atoms with van der Waals surface area (Å²) in [5.74, 6) is 1.92. The van der Waals surface area contributed by atoms with Crippen LogP contribution >= 0.6 is 0 Å². The van der Waals surface area contributed by atoms with Crippen molar-refractivity contribution in [1.29, 1.82) is 0 Å². The van der Waals surface area contributed by atoms with Crippen LogP contribution in [-0.2, 0) is 24.2 Å². The van der Waals surface area contributed by atoms with Crippen molar-refractivity contribution >= 4 is 6.03 Å². The maximum Gasteiger partial charge on any atom is 0.317 e. The molecule has 22 heavy (non-hydrogen) atoms. The third-order valence-electron chi connectivity index (χ3n) is 4.47. The van der Waals surface area contributed by atoms with Crippen LogP contribution < -0.4 is 5.32 Å². The van der Waals surface area contributed by atoms with Gasteiger partial charge in [-0.25, -0.2) is 4.79 Å². The summed E-state index contributed by atoms with van der Waals surface area (Å²) in [6.07, 6.45) is 5.65. The quantitative estimate of drug-likeness (QED) is 0.914. The molecule has 0 bridgehead atoms. The fraction of sp³-hybridized carbons (Fsp3) is 0.800. The molecular weight excluding hydrogens is 282 g/mol. The first-order chi connectivity index (χ1) is 10.8. The molecule has 2 aliphatic heterocycles. The van der Waals surface area contributed by atoms with Crippen LogP contribution in [0.3, 0.4) is 0 Å². The van der Waals surface area contributed by atoms with Crippen LogP contribution in [-0.4, -0.2) is 51.5 Å². The van der Waals surface area contributed by atoms with Crippen LogP contribution in [0.1, 0.15) is 44.3 Å². The molecule has 3 rings (SSSR count). The molecule has 1 aromatic heterocycles. The summed E-state index contributed by atoms with van der Waals surface area (Å²) in [5, 5.41) is 11.5. The Morgan fingerprint density at radius 3 is 3.09 bits per heavy atom. The second kappa shape index (κ2) is 7.09. The molecule has 0 radical (unpaired) electrons. The summed E-state index contributed by atoms with van der Waals surface area (Å²) in [4.78, 5) is 14.1. The summed E-state index contributed by atoms with van der Waals surface area (Å²) in [5.41, 5.74) is 0. The van der Waals surface area contributed by atoms with E-state index in [1.165, 1.54) is 12.8 Å². The summed E-state index contributed by atoms with van der Waals surface area (Å²) >= 11 is 0. The first kappa shape index (κ1) is 15.3. The van der Waals surface area contributed by atoms with E-state index in [0.717, 1.165) is 37.5 Å². The van der Waals surface area contributed by atoms with Crippen LogP contribution in [0, 0.1) is 0 Å². The highest BCUT2D eigenvalue weighted by molar-refractivity contribution is 5.74. The monoisotopic (exact) mass is 307 g/mol. The average molecular weight is 307 g/mol. The van der Waals surface area contributed by atoms with Gasteiger partial charge in [0.1, 0.15) is 5.82 Å². The van der Waals surface area contributed by atoms with E-state index >= 15 is 0 Å². The van der Waals surface area contributed by atoms with Gasteiger partial charge in [0.25, 0.3) is 0 Å². The maximum atomic E-state index is 12.3. The summed E-state index contributed by atoms with van der Waals surface area (Å²) in [7, 11) is 0. The van der Waals surface area contributed by atoms with Gasteiger partial charge < -0.3 is 19.5 Å². The number of amides is 2. The molecule has 1 unspecified atom stereocenters. The molecule has 122 valence electrons. The molecule has 7 nitrogen and oxygen atoms in total. The van der Waals surface area contributed by atoms with Gasteiger partial charge in [-0.15, -0.1) is 10.2 Å². The van der Waals surface area contributed by atoms with Gasteiger partial charge in [-0.2, -0.15) is 0 Å². The molecule has 1 atom stereocenters. The number of rotatable bonds is 3. The van der Waals surface area contributed by atoms with E-state index in [2.05, 4.69) is 27.0 Å².